The number of furan rings is 1. The van der Waals surface area contributed by atoms with Crippen LogP contribution in [0.5, 0.6) is 0 Å². The first-order valence-electron chi connectivity index (χ1n) is 6.33. The number of hydrogen-bond acceptors (Lipinski definition) is 3. The van der Waals surface area contributed by atoms with E-state index in [1.54, 1.807) is 12.5 Å². The van der Waals surface area contributed by atoms with Crippen molar-refractivity contribution in [2.75, 3.05) is 0 Å². The monoisotopic (exact) mass is 253 g/mol. The number of aromatic amines is 1. The van der Waals surface area contributed by atoms with E-state index < -0.39 is 0 Å². The van der Waals surface area contributed by atoms with Crippen molar-refractivity contribution < 1.29 is 4.42 Å². The lowest BCUT2D eigenvalue weighted by Gasteiger charge is -1.98. The third-order valence-corrected chi connectivity index (χ3v) is 3.14. The highest BCUT2D eigenvalue weighted by atomic mass is 16.3. The van der Waals surface area contributed by atoms with Gasteiger partial charge in [-0.1, -0.05) is 6.92 Å². The summed E-state index contributed by atoms with van der Waals surface area (Å²) >= 11 is 0. The molecule has 0 amide bonds. The summed E-state index contributed by atoms with van der Waals surface area (Å²) in [4.78, 5) is 12.2. The Balaban J connectivity index is 2.12. The van der Waals surface area contributed by atoms with Gasteiger partial charge in [0.05, 0.1) is 12.0 Å². The van der Waals surface area contributed by atoms with E-state index in [-0.39, 0.29) is 0 Å². The Hall–Kier alpha value is -2.36. The van der Waals surface area contributed by atoms with Gasteiger partial charge in [0.1, 0.15) is 0 Å². The zero-order valence-corrected chi connectivity index (χ0v) is 11.0. The molecule has 0 atom stereocenters. The second-order valence-electron chi connectivity index (χ2n) is 4.44. The predicted octanol–water partition coefficient (Wildman–Crippen LogP) is 3.60. The normalized spacial score (nSPS) is 10.8. The van der Waals surface area contributed by atoms with Crippen LogP contribution in [0.3, 0.4) is 0 Å². The van der Waals surface area contributed by atoms with Gasteiger partial charge >= 0.3 is 0 Å². The fraction of sp³-hybridized carbons (Fsp3) is 0.200. The van der Waals surface area contributed by atoms with Crippen molar-refractivity contribution in [2.24, 2.45) is 0 Å². The van der Waals surface area contributed by atoms with Gasteiger partial charge in [0.15, 0.2) is 11.6 Å². The smallest absolute Gasteiger partial charge is 0.174 e. The van der Waals surface area contributed by atoms with Crippen LogP contribution in [0.4, 0.5) is 0 Å². The molecule has 96 valence electrons. The molecule has 3 rings (SSSR count). The van der Waals surface area contributed by atoms with Crippen LogP contribution in [-0.2, 0) is 6.42 Å². The van der Waals surface area contributed by atoms with Gasteiger partial charge in [0.25, 0.3) is 0 Å². The first kappa shape index (κ1) is 11.7. The van der Waals surface area contributed by atoms with Crippen LogP contribution < -0.4 is 0 Å². The molecule has 4 nitrogen and oxygen atoms in total. The Bertz CT molecular complexity index is 682. The molecule has 0 fully saturated rings. The van der Waals surface area contributed by atoms with E-state index in [0.717, 1.165) is 40.5 Å². The Labute approximate surface area is 111 Å². The highest BCUT2D eigenvalue weighted by Crippen LogP contribution is 2.27. The maximum absolute atomic E-state index is 5.49. The van der Waals surface area contributed by atoms with Crippen LogP contribution in [0.2, 0.25) is 0 Å². The number of aryl methyl sites for hydroxylation is 2. The van der Waals surface area contributed by atoms with E-state index in [1.807, 2.05) is 31.3 Å². The zero-order chi connectivity index (χ0) is 13.2. The van der Waals surface area contributed by atoms with Crippen molar-refractivity contribution in [3.8, 4) is 22.8 Å². The average molecular weight is 253 g/mol. The lowest BCUT2D eigenvalue weighted by Crippen LogP contribution is -1.86. The number of nitrogens with zero attached hydrogens (tertiary/aromatic N) is 2. The molecule has 0 aliphatic rings. The summed E-state index contributed by atoms with van der Waals surface area (Å²) in [7, 11) is 0. The third-order valence-electron chi connectivity index (χ3n) is 3.14. The molecule has 3 aromatic heterocycles. The molecule has 3 heterocycles. The molecular weight excluding hydrogens is 238 g/mol. The summed E-state index contributed by atoms with van der Waals surface area (Å²) in [5.74, 6) is 1.57. The molecule has 19 heavy (non-hydrogen) atoms. The molecule has 3 aromatic rings. The van der Waals surface area contributed by atoms with Gasteiger partial charge in [-0.3, -0.25) is 4.98 Å². The lowest BCUT2D eigenvalue weighted by molar-refractivity contribution is 0.576. The van der Waals surface area contributed by atoms with Gasteiger partial charge in [-0.15, -0.1) is 0 Å². The van der Waals surface area contributed by atoms with E-state index >= 15 is 0 Å². The van der Waals surface area contributed by atoms with Crippen molar-refractivity contribution in [2.45, 2.75) is 20.3 Å². The second-order valence-corrected chi connectivity index (χ2v) is 4.44. The van der Waals surface area contributed by atoms with Gasteiger partial charge in [0, 0.05) is 23.7 Å². The number of pyridine rings is 1. The standard InChI is InChI=1S/C15H15N3O/c1-3-12-13(11-5-4-7-16-9-11)18-15(17-12)14-10(2)6-8-19-14/h4-9H,3H2,1-2H3,(H,17,18). The molecule has 0 unspecified atom stereocenters. The van der Waals surface area contributed by atoms with Crippen molar-refractivity contribution in [1.82, 2.24) is 15.0 Å². The van der Waals surface area contributed by atoms with Crippen LogP contribution >= 0.6 is 0 Å². The topological polar surface area (TPSA) is 54.7 Å². The molecular formula is C15H15N3O. The number of imidazole rings is 1. The number of H-pyrrole nitrogens is 1. The van der Waals surface area contributed by atoms with E-state index in [2.05, 4.69) is 21.9 Å². The van der Waals surface area contributed by atoms with E-state index in [1.165, 1.54) is 0 Å². The number of rotatable bonds is 3. The van der Waals surface area contributed by atoms with Crippen molar-refractivity contribution in [3.63, 3.8) is 0 Å². The fourth-order valence-corrected chi connectivity index (χ4v) is 2.13. The number of nitrogens with one attached hydrogen (secondary N) is 1. The minimum Gasteiger partial charge on any atom is -0.461 e. The van der Waals surface area contributed by atoms with Gasteiger partial charge in [-0.2, -0.15) is 0 Å². The maximum Gasteiger partial charge on any atom is 0.174 e. The van der Waals surface area contributed by atoms with E-state index in [9.17, 15) is 0 Å². The van der Waals surface area contributed by atoms with Crippen molar-refractivity contribution >= 4 is 0 Å². The summed E-state index contributed by atoms with van der Waals surface area (Å²) in [6.07, 6.45) is 6.16. The molecule has 0 aromatic carbocycles. The van der Waals surface area contributed by atoms with Crippen LogP contribution in [0.15, 0.2) is 41.3 Å². The Kier molecular flexibility index (Phi) is 2.91. The third kappa shape index (κ3) is 2.05. The zero-order valence-electron chi connectivity index (χ0n) is 11.0. The molecule has 0 radical (unpaired) electrons. The second kappa shape index (κ2) is 4.72. The highest BCUT2D eigenvalue weighted by Gasteiger charge is 2.15. The number of hydrogen-bond donors (Lipinski definition) is 1. The average Bonchev–Trinajstić information content (AvgIpc) is 3.05. The Morgan fingerprint density at radius 1 is 1.32 bits per heavy atom. The molecule has 0 saturated heterocycles. The SMILES string of the molecule is CCc1[nH]c(-c2occc2C)nc1-c1cccnc1. The van der Waals surface area contributed by atoms with Gasteiger partial charge in [-0.05, 0) is 37.1 Å². The molecule has 0 aliphatic heterocycles. The summed E-state index contributed by atoms with van der Waals surface area (Å²) in [6, 6.07) is 5.87. The van der Waals surface area contributed by atoms with Crippen LogP contribution in [0, 0.1) is 6.92 Å². The largest absolute Gasteiger partial charge is 0.461 e. The molecule has 0 aliphatic carbocycles. The molecule has 0 bridgehead atoms. The Morgan fingerprint density at radius 3 is 2.84 bits per heavy atom. The summed E-state index contributed by atoms with van der Waals surface area (Å²) in [6.45, 7) is 4.11. The Morgan fingerprint density at radius 2 is 2.21 bits per heavy atom. The minimum absolute atomic E-state index is 0.776. The van der Waals surface area contributed by atoms with Gasteiger partial charge < -0.3 is 9.40 Å². The first-order valence-corrected chi connectivity index (χ1v) is 6.33. The maximum atomic E-state index is 5.49. The summed E-state index contributed by atoms with van der Waals surface area (Å²) in [5.41, 5.74) is 4.14. The highest BCUT2D eigenvalue weighted by molar-refractivity contribution is 5.66. The molecule has 1 N–H and O–H groups in total. The van der Waals surface area contributed by atoms with Gasteiger partial charge in [0.2, 0.25) is 0 Å². The summed E-state index contributed by atoms with van der Waals surface area (Å²) < 4.78 is 5.49. The van der Waals surface area contributed by atoms with E-state index in [4.69, 9.17) is 4.42 Å². The van der Waals surface area contributed by atoms with E-state index in [0.29, 0.717) is 0 Å². The minimum atomic E-state index is 0.776. The summed E-state index contributed by atoms with van der Waals surface area (Å²) in [5, 5.41) is 0. The predicted molar refractivity (Wildman–Crippen MR) is 73.6 cm³/mol. The van der Waals surface area contributed by atoms with Crippen molar-refractivity contribution in [1.29, 1.82) is 0 Å². The number of aromatic nitrogens is 3. The lowest BCUT2D eigenvalue weighted by atomic mass is 10.1. The fourth-order valence-electron chi connectivity index (χ4n) is 2.13. The molecule has 0 saturated carbocycles. The van der Waals surface area contributed by atoms with Crippen LogP contribution in [0.25, 0.3) is 22.8 Å². The van der Waals surface area contributed by atoms with Crippen molar-refractivity contribution in [3.05, 3.63) is 48.1 Å². The quantitative estimate of drug-likeness (QED) is 0.775. The van der Waals surface area contributed by atoms with Gasteiger partial charge in [-0.25, -0.2) is 4.98 Å². The first-order chi connectivity index (χ1) is 9.29. The van der Waals surface area contributed by atoms with Crippen LogP contribution in [0.1, 0.15) is 18.2 Å². The molecule has 4 heteroatoms. The molecule has 0 spiro atoms. The van der Waals surface area contributed by atoms with Crippen LogP contribution in [-0.4, -0.2) is 15.0 Å².